The van der Waals surface area contributed by atoms with Crippen LogP contribution in [0, 0.1) is 12.8 Å². The van der Waals surface area contributed by atoms with E-state index in [0.717, 1.165) is 54.6 Å². The van der Waals surface area contributed by atoms with Gasteiger partial charge in [-0.3, -0.25) is 9.69 Å². The quantitative estimate of drug-likeness (QED) is 0.512. The topological polar surface area (TPSA) is 88.9 Å². The molecule has 188 valence electrons. The molecule has 8 heteroatoms. The molecule has 2 aromatic heterocycles. The predicted octanol–water partition coefficient (Wildman–Crippen LogP) is 4.53. The molecule has 5 rings (SSSR count). The van der Waals surface area contributed by atoms with Crippen molar-refractivity contribution < 1.29 is 4.74 Å². The van der Waals surface area contributed by atoms with Crippen LogP contribution in [0.2, 0.25) is 0 Å². The number of aromatic amines is 1. The Labute approximate surface area is 207 Å². The SMILES string of the molecule is Cc1ccc2[nH]c(=O)c(CN(C3CCCCC3)[C@H](c3nnnn3C[C@@H]3CCCO3)C(C)C)cc2c1. The maximum atomic E-state index is 13.2. The first kappa shape index (κ1) is 24.1. The van der Waals surface area contributed by atoms with Crippen molar-refractivity contribution >= 4 is 10.9 Å². The number of H-pyrrole nitrogens is 1. The van der Waals surface area contributed by atoms with Crippen molar-refractivity contribution in [2.75, 3.05) is 6.61 Å². The van der Waals surface area contributed by atoms with Gasteiger partial charge in [-0.15, -0.1) is 5.10 Å². The number of ether oxygens (including phenoxy) is 1. The number of hydrogen-bond acceptors (Lipinski definition) is 6. The Bertz CT molecular complexity index is 1190. The second kappa shape index (κ2) is 10.6. The highest BCUT2D eigenvalue weighted by atomic mass is 16.5. The van der Waals surface area contributed by atoms with Gasteiger partial charge in [-0.25, -0.2) is 4.68 Å². The number of tetrazole rings is 1. The second-order valence-corrected chi connectivity index (χ2v) is 10.7. The van der Waals surface area contributed by atoms with Crippen molar-refractivity contribution in [3.05, 3.63) is 51.6 Å². The maximum Gasteiger partial charge on any atom is 0.252 e. The zero-order valence-electron chi connectivity index (χ0n) is 21.2. The van der Waals surface area contributed by atoms with E-state index < -0.39 is 0 Å². The van der Waals surface area contributed by atoms with Crippen LogP contribution in [-0.2, 0) is 17.8 Å². The molecule has 3 aromatic rings. The summed E-state index contributed by atoms with van der Waals surface area (Å²) in [6.07, 6.45) is 8.31. The first-order valence-electron chi connectivity index (χ1n) is 13.3. The van der Waals surface area contributed by atoms with Crippen LogP contribution in [0.25, 0.3) is 10.9 Å². The van der Waals surface area contributed by atoms with Gasteiger partial charge in [0.2, 0.25) is 0 Å². The van der Waals surface area contributed by atoms with E-state index in [-0.39, 0.29) is 23.6 Å². The number of nitrogens with one attached hydrogen (secondary N) is 1. The Hall–Kier alpha value is -2.58. The summed E-state index contributed by atoms with van der Waals surface area (Å²) in [5, 5.41) is 14.1. The molecule has 0 amide bonds. The summed E-state index contributed by atoms with van der Waals surface area (Å²) in [5.41, 5.74) is 2.86. The normalized spacial score (nSPS) is 20.3. The van der Waals surface area contributed by atoms with E-state index in [4.69, 9.17) is 4.74 Å². The van der Waals surface area contributed by atoms with Crippen LogP contribution < -0.4 is 5.56 Å². The molecule has 0 bridgehead atoms. The third kappa shape index (κ3) is 5.33. The van der Waals surface area contributed by atoms with Crippen LogP contribution >= 0.6 is 0 Å². The van der Waals surface area contributed by atoms with Crippen LogP contribution in [0.5, 0.6) is 0 Å². The molecule has 35 heavy (non-hydrogen) atoms. The molecule has 1 aliphatic carbocycles. The summed E-state index contributed by atoms with van der Waals surface area (Å²) < 4.78 is 7.83. The molecule has 2 atom stereocenters. The Morgan fingerprint density at radius 1 is 1.14 bits per heavy atom. The zero-order chi connectivity index (χ0) is 24.4. The van der Waals surface area contributed by atoms with Crippen molar-refractivity contribution in [1.29, 1.82) is 0 Å². The first-order chi connectivity index (χ1) is 17.0. The number of benzene rings is 1. The second-order valence-electron chi connectivity index (χ2n) is 10.7. The highest BCUT2D eigenvalue weighted by molar-refractivity contribution is 5.79. The number of rotatable bonds is 8. The fourth-order valence-corrected chi connectivity index (χ4v) is 5.92. The number of hydrogen-bond donors (Lipinski definition) is 1. The molecular weight excluding hydrogens is 440 g/mol. The highest BCUT2D eigenvalue weighted by Gasteiger charge is 2.35. The molecule has 1 saturated heterocycles. The van der Waals surface area contributed by atoms with Gasteiger partial charge in [0.25, 0.3) is 5.56 Å². The van der Waals surface area contributed by atoms with E-state index in [9.17, 15) is 4.79 Å². The molecule has 1 N–H and O–H groups in total. The van der Waals surface area contributed by atoms with Gasteiger partial charge in [-0.05, 0) is 72.5 Å². The van der Waals surface area contributed by atoms with Gasteiger partial charge in [0.05, 0.1) is 18.7 Å². The zero-order valence-corrected chi connectivity index (χ0v) is 21.2. The Morgan fingerprint density at radius 2 is 1.97 bits per heavy atom. The molecule has 8 nitrogen and oxygen atoms in total. The van der Waals surface area contributed by atoms with Gasteiger partial charge < -0.3 is 9.72 Å². The third-order valence-corrected chi connectivity index (χ3v) is 7.69. The van der Waals surface area contributed by atoms with E-state index in [0.29, 0.717) is 19.1 Å². The summed E-state index contributed by atoms with van der Waals surface area (Å²) in [5.74, 6) is 1.17. The fourth-order valence-electron chi connectivity index (χ4n) is 5.92. The minimum Gasteiger partial charge on any atom is -0.376 e. The lowest BCUT2D eigenvalue weighted by molar-refractivity contribution is 0.0553. The maximum absolute atomic E-state index is 13.2. The van der Waals surface area contributed by atoms with E-state index in [1.807, 2.05) is 16.8 Å². The minimum absolute atomic E-state index is 0.0105. The average molecular weight is 479 g/mol. The summed E-state index contributed by atoms with van der Waals surface area (Å²) in [7, 11) is 0. The summed E-state index contributed by atoms with van der Waals surface area (Å²) in [6.45, 7) is 8.63. The van der Waals surface area contributed by atoms with Gasteiger partial charge in [0.1, 0.15) is 0 Å². The first-order valence-corrected chi connectivity index (χ1v) is 13.3. The monoisotopic (exact) mass is 478 g/mol. The summed E-state index contributed by atoms with van der Waals surface area (Å²) in [4.78, 5) is 18.8. The predicted molar refractivity (Wildman–Crippen MR) is 136 cm³/mol. The third-order valence-electron chi connectivity index (χ3n) is 7.69. The van der Waals surface area contributed by atoms with E-state index in [1.165, 1.54) is 24.8 Å². The number of aromatic nitrogens is 5. The van der Waals surface area contributed by atoms with Crippen molar-refractivity contribution in [3.8, 4) is 0 Å². The van der Waals surface area contributed by atoms with Crippen molar-refractivity contribution in [3.63, 3.8) is 0 Å². The van der Waals surface area contributed by atoms with Crippen molar-refractivity contribution in [1.82, 2.24) is 30.1 Å². The van der Waals surface area contributed by atoms with Gasteiger partial charge in [-0.2, -0.15) is 0 Å². The van der Waals surface area contributed by atoms with Crippen molar-refractivity contribution in [2.45, 2.75) is 97.0 Å². The fraction of sp³-hybridized carbons (Fsp3) is 0.630. The van der Waals surface area contributed by atoms with Gasteiger partial charge >= 0.3 is 0 Å². The van der Waals surface area contributed by atoms with Gasteiger partial charge in [0, 0.05) is 30.3 Å². The Balaban J connectivity index is 1.52. The largest absolute Gasteiger partial charge is 0.376 e. The van der Waals surface area contributed by atoms with Crippen LogP contribution in [-0.4, -0.2) is 48.8 Å². The van der Waals surface area contributed by atoms with E-state index >= 15 is 0 Å². The molecule has 1 aliphatic heterocycles. The molecule has 3 heterocycles. The van der Waals surface area contributed by atoms with Gasteiger partial charge in [0.15, 0.2) is 5.82 Å². The highest BCUT2D eigenvalue weighted by Crippen LogP contribution is 2.35. The number of aryl methyl sites for hydroxylation is 1. The smallest absolute Gasteiger partial charge is 0.252 e. The molecule has 1 aromatic carbocycles. The molecule has 2 aliphatic rings. The number of nitrogens with zero attached hydrogens (tertiary/aromatic N) is 5. The molecule has 0 radical (unpaired) electrons. The summed E-state index contributed by atoms with van der Waals surface area (Å²) >= 11 is 0. The van der Waals surface area contributed by atoms with Crippen LogP contribution in [0.15, 0.2) is 29.1 Å². The lowest BCUT2D eigenvalue weighted by atomic mass is 9.90. The molecule has 2 fully saturated rings. The lowest BCUT2D eigenvalue weighted by Crippen LogP contribution is -2.43. The number of pyridine rings is 1. The minimum atomic E-state index is -0.0105. The average Bonchev–Trinajstić information content (AvgIpc) is 3.52. The lowest BCUT2D eigenvalue weighted by Gasteiger charge is -2.41. The molecule has 0 spiro atoms. The van der Waals surface area contributed by atoms with E-state index in [2.05, 4.69) is 58.3 Å². The summed E-state index contributed by atoms with van der Waals surface area (Å²) in [6, 6.07) is 8.66. The van der Waals surface area contributed by atoms with Crippen LogP contribution in [0.3, 0.4) is 0 Å². The standard InChI is InChI=1S/C27H38N6O2/c1-18(2)25(26-29-30-31-33(26)17-23-10-7-13-35-23)32(22-8-5-4-6-9-22)16-21-15-20-14-19(3)11-12-24(20)28-27(21)34/h11-12,14-15,18,22-23,25H,4-10,13,16-17H2,1-3H3,(H,28,34)/t23-,25-/m0/s1. The Morgan fingerprint density at radius 3 is 2.71 bits per heavy atom. The Kier molecular flexibility index (Phi) is 7.29. The van der Waals surface area contributed by atoms with Crippen LogP contribution in [0.1, 0.15) is 81.8 Å². The molecule has 0 unspecified atom stereocenters. The molecule has 1 saturated carbocycles. The van der Waals surface area contributed by atoms with E-state index in [1.54, 1.807) is 0 Å². The number of fused-ring (bicyclic) bond motifs is 1. The van der Waals surface area contributed by atoms with Crippen LogP contribution in [0.4, 0.5) is 0 Å². The van der Waals surface area contributed by atoms with Crippen molar-refractivity contribution in [2.24, 2.45) is 5.92 Å². The molecular formula is C27H38N6O2. The van der Waals surface area contributed by atoms with Gasteiger partial charge in [-0.1, -0.05) is 44.7 Å².